The van der Waals surface area contributed by atoms with Crippen LogP contribution in [0.5, 0.6) is 5.75 Å². The van der Waals surface area contributed by atoms with Gasteiger partial charge in [0.05, 0.1) is 27.9 Å². The average molecular weight is 573 g/mol. The van der Waals surface area contributed by atoms with E-state index in [1.54, 1.807) is 6.07 Å². The number of halogens is 4. The van der Waals surface area contributed by atoms with Gasteiger partial charge in [-0.2, -0.15) is 0 Å². The average Bonchev–Trinajstić information content (AvgIpc) is 3.07. The summed E-state index contributed by atoms with van der Waals surface area (Å²) < 4.78 is 68.7. The zero-order valence-electron chi connectivity index (χ0n) is 21.2. The van der Waals surface area contributed by atoms with Crippen LogP contribution in [0, 0.1) is 11.3 Å². The summed E-state index contributed by atoms with van der Waals surface area (Å²) in [6.07, 6.45) is -1.19. The molecular weight excluding hydrogens is 545 g/mol. The number of alkyl halides is 3. The standard InChI is InChI=1S/C25H28ClF3N4O4S/c1-14-9-16(13-24(2,3)12-14)33-21-11-19(26)18(22(34)32-38(4,35)36)10-20(21)31-23(33)30-15-5-7-17(8-6-15)37-25(27,28)29/h5-8,10-11,14,16H,9,12-13H2,1-4H3,(H,30,31)(H,32,34). The van der Waals surface area contributed by atoms with Crippen molar-refractivity contribution in [3.63, 3.8) is 0 Å². The molecule has 0 spiro atoms. The maximum atomic E-state index is 12.6. The molecule has 3 aromatic rings. The van der Waals surface area contributed by atoms with Crippen LogP contribution >= 0.6 is 11.6 Å². The zero-order chi connectivity index (χ0) is 28.0. The number of nitrogens with one attached hydrogen (secondary N) is 2. The van der Waals surface area contributed by atoms with E-state index in [1.807, 2.05) is 9.29 Å². The molecule has 2 aromatic carbocycles. The molecule has 1 heterocycles. The van der Waals surface area contributed by atoms with Gasteiger partial charge in [-0.1, -0.05) is 32.4 Å². The maximum absolute atomic E-state index is 12.6. The summed E-state index contributed by atoms with van der Waals surface area (Å²) >= 11 is 6.44. The van der Waals surface area contributed by atoms with E-state index >= 15 is 0 Å². The van der Waals surface area contributed by atoms with Gasteiger partial charge in [0, 0.05) is 11.7 Å². The van der Waals surface area contributed by atoms with Crippen LogP contribution in [0.15, 0.2) is 36.4 Å². The maximum Gasteiger partial charge on any atom is 0.573 e. The summed E-state index contributed by atoms with van der Waals surface area (Å²) in [4.78, 5) is 17.2. The number of amides is 1. The predicted octanol–water partition coefficient (Wildman–Crippen LogP) is 6.41. The van der Waals surface area contributed by atoms with Crippen LogP contribution < -0.4 is 14.8 Å². The number of sulfonamides is 1. The molecular formula is C25H28ClF3N4O4S. The van der Waals surface area contributed by atoms with Crippen LogP contribution in [0.3, 0.4) is 0 Å². The highest BCUT2D eigenvalue weighted by atomic mass is 35.5. The Kier molecular flexibility index (Phi) is 7.34. The van der Waals surface area contributed by atoms with Crippen molar-refractivity contribution in [1.29, 1.82) is 0 Å². The first-order valence-corrected chi connectivity index (χ1v) is 14.1. The fourth-order valence-corrected chi connectivity index (χ4v) is 6.02. The number of carbonyl (C=O) groups excluding carboxylic acids is 1. The quantitative estimate of drug-likeness (QED) is 0.354. The second-order valence-electron chi connectivity index (χ2n) is 10.6. The molecule has 38 heavy (non-hydrogen) atoms. The summed E-state index contributed by atoms with van der Waals surface area (Å²) in [5.41, 5.74) is 1.52. The molecule has 206 valence electrons. The van der Waals surface area contributed by atoms with Crippen LogP contribution in [-0.4, -0.2) is 36.5 Å². The number of aromatic nitrogens is 2. The van der Waals surface area contributed by atoms with Gasteiger partial charge in [-0.25, -0.2) is 18.1 Å². The highest BCUT2D eigenvalue weighted by Gasteiger charge is 2.35. The van der Waals surface area contributed by atoms with Crippen LogP contribution in [-0.2, 0) is 10.0 Å². The minimum absolute atomic E-state index is 0.0147. The molecule has 4 rings (SSSR count). The van der Waals surface area contributed by atoms with Crippen molar-refractivity contribution in [1.82, 2.24) is 14.3 Å². The molecule has 0 bridgehead atoms. The van der Waals surface area contributed by atoms with E-state index < -0.39 is 22.3 Å². The molecule has 1 aromatic heterocycles. The number of rotatable bonds is 6. The van der Waals surface area contributed by atoms with E-state index in [-0.39, 0.29) is 27.8 Å². The first-order chi connectivity index (χ1) is 17.5. The van der Waals surface area contributed by atoms with E-state index in [9.17, 15) is 26.4 Å². The number of fused-ring (bicyclic) bond motifs is 1. The van der Waals surface area contributed by atoms with Gasteiger partial charge < -0.3 is 14.6 Å². The van der Waals surface area contributed by atoms with Crippen molar-refractivity contribution in [2.24, 2.45) is 11.3 Å². The number of ether oxygens (including phenoxy) is 1. The van der Waals surface area contributed by atoms with E-state index in [2.05, 4.69) is 35.8 Å². The highest BCUT2D eigenvalue weighted by molar-refractivity contribution is 7.89. The lowest BCUT2D eigenvalue weighted by atomic mass is 9.70. The van der Waals surface area contributed by atoms with E-state index in [0.29, 0.717) is 28.6 Å². The van der Waals surface area contributed by atoms with Crippen LogP contribution in [0.1, 0.15) is 56.4 Å². The fourth-order valence-electron chi connectivity index (χ4n) is 5.33. The van der Waals surface area contributed by atoms with Gasteiger partial charge in [0.25, 0.3) is 5.91 Å². The molecule has 2 unspecified atom stereocenters. The third-order valence-corrected chi connectivity index (χ3v) is 7.24. The molecule has 1 fully saturated rings. The molecule has 0 radical (unpaired) electrons. The number of carbonyl (C=O) groups is 1. The molecule has 8 nitrogen and oxygen atoms in total. The minimum atomic E-state index is -4.80. The van der Waals surface area contributed by atoms with Crippen molar-refractivity contribution >= 4 is 50.2 Å². The Balaban J connectivity index is 1.78. The topological polar surface area (TPSA) is 102 Å². The Bertz CT molecular complexity index is 1470. The molecule has 1 amide bonds. The lowest BCUT2D eigenvalue weighted by Crippen LogP contribution is -2.30. The zero-order valence-corrected chi connectivity index (χ0v) is 22.8. The van der Waals surface area contributed by atoms with Gasteiger partial charge in [-0.3, -0.25) is 4.79 Å². The minimum Gasteiger partial charge on any atom is -0.406 e. The number of hydrogen-bond donors (Lipinski definition) is 2. The van der Waals surface area contributed by atoms with Crippen LogP contribution in [0.2, 0.25) is 5.02 Å². The lowest BCUT2D eigenvalue weighted by molar-refractivity contribution is -0.274. The predicted molar refractivity (Wildman–Crippen MR) is 139 cm³/mol. The number of benzene rings is 2. The largest absolute Gasteiger partial charge is 0.573 e. The SMILES string of the molecule is CC1CC(n2c(Nc3ccc(OC(F)(F)F)cc3)nc3cc(C(=O)NS(C)(=O)=O)c(Cl)cc32)CC(C)(C)C1. The van der Waals surface area contributed by atoms with Gasteiger partial charge in [0.1, 0.15) is 5.75 Å². The third kappa shape index (κ3) is 6.71. The molecule has 1 aliphatic carbocycles. The second-order valence-corrected chi connectivity index (χ2v) is 12.7. The Morgan fingerprint density at radius 2 is 1.84 bits per heavy atom. The second kappa shape index (κ2) is 9.96. The molecule has 2 N–H and O–H groups in total. The first-order valence-electron chi connectivity index (χ1n) is 11.9. The summed E-state index contributed by atoms with van der Waals surface area (Å²) in [6.45, 7) is 6.57. The first kappa shape index (κ1) is 28.0. The molecule has 0 saturated heterocycles. The normalized spacial score (nSPS) is 19.8. The Labute approximate surface area is 223 Å². The molecule has 13 heteroatoms. The number of hydrogen-bond acceptors (Lipinski definition) is 6. The van der Waals surface area contributed by atoms with E-state index in [0.717, 1.165) is 25.5 Å². The highest BCUT2D eigenvalue weighted by Crippen LogP contribution is 2.46. The van der Waals surface area contributed by atoms with Crippen molar-refractivity contribution < 1.29 is 31.1 Å². The summed E-state index contributed by atoms with van der Waals surface area (Å²) in [6, 6.07) is 8.29. The number of anilines is 2. The Hall–Kier alpha value is -2.99. The third-order valence-electron chi connectivity index (χ3n) is 6.37. The summed E-state index contributed by atoms with van der Waals surface area (Å²) in [5, 5.41) is 3.23. The van der Waals surface area contributed by atoms with E-state index in [4.69, 9.17) is 11.6 Å². The Morgan fingerprint density at radius 3 is 2.42 bits per heavy atom. The molecule has 1 aliphatic rings. The van der Waals surface area contributed by atoms with Crippen molar-refractivity contribution in [2.75, 3.05) is 11.6 Å². The number of imidazole rings is 1. The van der Waals surface area contributed by atoms with Crippen molar-refractivity contribution in [3.05, 3.63) is 47.0 Å². The van der Waals surface area contributed by atoms with E-state index in [1.165, 1.54) is 30.3 Å². The van der Waals surface area contributed by atoms with Crippen LogP contribution in [0.4, 0.5) is 24.8 Å². The van der Waals surface area contributed by atoms with Gasteiger partial charge in [0.2, 0.25) is 16.0 Å². The van der Waals surface area contributed by atoms with Crippen molar-refractivity contribution in [3.8, 4) is 5.75 Å². The summed E-state index contributed by atoms with van der Waals surface area (Å²) in [5.74, 6) is -0.400. The summed E-state index contributed by atoms with van der Waals surface area (Å²) in [7, 11) is -3.81. The molecule has 2 atom stereocenters. The van der Waals surface area contributed by atoms with Crippen LogP contribution in [0.25, 0.3) is 11.0 Å². The smallest absolute Gasteiger partial charge is 0.406 e. The van der Waals surface area contributed by atoms with Gasteiger partial charge in [-0.15, -0.1) is 13.2 Å². The van der Waals surface area contributed by atoms with Gasteiger partial charge in [-0.05, 0) is 67.0 Å². The lowest BCUT2D eigenvalue weighted by Gasteiger charge is -2.40. The van der Waals surface area contributed by atoms with Crippen molar-refractivity contribution in [2.45, 2.75) is 52.4 Å². The number of nitrogens with zero attached hydrogens (tertiary/aromatic N) is 2. The molecule has 0 aliphatic heterocycles. The molecule has 1 saturated carbocycles. The Morgan fingerprint density at radius 1 is 1.18 bits per heavy atom. The van der Waals surface area contributed by atoms with Gasteiger partial charge in [0.15, 0.2) is 0 Å². The fraction of sp³-hybridized carbons (Fsp3) is 0.440. The monoisotopic (exact) mass is 572 g/mol. The van der Waals surface area contributed by atoms with Gasteiger partial charge >= 0.3 is 6.36 Å².